The van der Waals surface area contributed by atoms with Gasteiger partial charge in [-0.15, -0.1) is 0 Å². The van der Waals surface area contributed by atoms with Crippen molar-refractivity contribution in [3.05, 3.63) is 0 Å². The van der Waals surface area contributed by atoms with E-state index in [1.54, 1.807) is 13.8 Å². The zero-order valence-corrected chi connectivity index (χ0v) is 13.9. The molecular formula is C17H30N2O2. The molecule has 1 heterocycles. The lowest BCUT2D eigenvalue weighted by Crippen LogP contribution is -2.68. The van der Waals surface area contributed by atoms with E-state index in [9.17, 15) is 9.59 Å². The molecule has 1 saturated heterocycles. The van der Waals surface area contributed by atoms with Gasteiger partial charge in [0.05, 0.1) is 0 Å². The Morgan fingerprint density at radius 3 is 2.38 bits per heavy atom. The number of nitrogens with one attached hydrogen (secondary N) is 1. The van der Waals surface area contributed by atoms with Crippen molar-refractivity contribution in [3.8, 4) is 0 Å². The summed E-state index contributed by atoms with van der Waals surface area (Å²) in [6.45, 7) is 8.63. The van der Waals surface area contributed by atoms with E-state index in [0.717, 1.165) is 24.8 Å². The molecule has 1 N–H and O–H groups in total. The summed E-state index contributed by atoms with van der Waals surface area (Å²) in [5.41, 5.74) is -0.760. The van der Waals surface area contributed by atoms with Crippen molar-refractivity contribution in [2.75, 3.05) is 6.54 Å². The number of amides is 2. The molecule has 120 valence electrons. The van der Waals surface area contributed by atoms with Gasteiger partial charge >= 0.3 is 0 Å². The first-order chi connectivity index (χ1) is 9.85. The minimum atomic E-state index is -0.760. The van der Waals surface area contributed by atoms with Gasteiger partial charge in [0.2, 0.25) is 11.8 Å². The number of carbonyl (C=O) groups excluding carboxylic acids is 2. The number of carbonyl (C=O) groups is 2. The van der Waals surface area contributed by atoms with Gasteiger partial charge in [0.15, 0.2) is 0 Å². The normalized spacial score (nSPS) is 33.0. The van der Waals surface area contributed by atoms with Gasteiger partial charge in [-0.2, -0.15) is 0 Å². The maximum absolute atomic E-state index is 12.6. The summed E-state index contributed by atoms with van der Waals surface area (Å²) < 4.78 is 0. The summed E-state index contributed by atoms with van der Waals surface area (Å²) >= 11 is 0. The fourth-order valence-electron chi connectivity index (χ4n) is 3.69. The van der Waals surface area contributed by atoms with Crippen molar-refractivity contribution in [1.29, 1.82) is 0 Å². The van der Waals surface area contributed by atoms with Gasteiger partial charge in [-0.3, -0.25) is 9.59 Å². The zero-order valence-electron chi connectivity index (χ0n) is 13.9. The lowest BCUT2D eigenvalue weighted by Gasteiger charge is -2.43. The van der Waals surface area contributed by atoms with Gasteiger partial charge in [-0.25, -0.2) is 0 Å². The molecule has 0 aromatic carbocycles. The van der Waals surface area contributed by atoms with Gasteiger partial charge in [0, 0.05) is 6.54 Å². The first kappa shape index (κ1) is 16.3. The molecule has 0 bridgehead atoms. The molecular weight excluding hydrogens is 264 g/mol. The summed E-state index contributed by atoms with van der Waals surface area (Å²) in [5, 5.41) is 2.85. The topological polar surface area (TPSA) is 49.4 Å². The van der Waals surface area contributed by atoms with Crippen LogP contribution in [0.1, 0.15) is 66.2 Å². The van der Waals surface area contributed by atoms with Crippen molar-refractivity contribution in [2.45, 2.75) is 77.8 Å². The molecule has 2 aliphatic rings. The predicted molar refractivity (Wildman–Crippen MR) is 83.8 cm³/mol. The molecule has 2 amide bonds. The molecule has 1 unspecified atom stereocenters. The van der Waals surface area contributed by atoms with E-state index in [4.69, 9.17) is 0 Å². The van der Waals surface area contributed by atoms with Crippen LogP contribution in [0.2, 0.25) is 0 Å². The molecule has 21 heavy (non-hydrogen) atoms. The molecule has 0 aromatic rings. The number of nitrogens with zero attached hydrogens (tertiary/aromatic N) is 1. The maximum atomic E-state index is 12.6. The highest BCUT2D eigenvalue weighted by molar-refractivity contribution is 5.99. The summed E-state index contributed by atoms with van der Waals surface area (Å²) in [7, 11) is 0. The van der Waals surface area contributed by atoms with Gasteiger partial charge in [-0.1, -0.05) is 39.5 Å². The van der Waals surface area contributed by atoms with Crippen molar-refractivity contribution in [2.24, 2.45) is 11.8 Å². The maximum Gasteiger partial charge on any atom is 0.248 e. The molecule has 4 heteroatoms. The van der Waals surface area contributed by atoms with E-state index in [1.165, 1.54) is 25.7 Å². The van der Waals surface area contributed by atoms with Gasteiger partial charge in [0.1, 0.15) is 11.6 Å². The minimum Gasteiger partial charge on any atom is -0.340 e. The average Bonchev–Trinajstić information content (AvgIpc) is 2.42. The quantitative estimate of drug-likeness (QED) is 0.866. The highest BCUT2D eigenvalue weighted by Crippen LogP contribution is 2.31. The molecule has 1 aliphatic heterocycles. The summed E-state index contributed by atoms with van der Waals surface area (Å²) in [6, 6.07) is -0.284. The minimum absolute atomic E-state index is 0.000587. The number of piperazine rings is 1. The standard InChI is InChI=1S/C17H30N2O2/c1-5-14-15(20)18-17(3,4)16(21)19(14)11-10-13-8-6-12(2)7-9-13/h12-14H,5-11H2,1-4H3,(H,18,20). The van der Waals surface area contributed by atoms with Crippen molar-refractivity contribution in [3.63, 3.8) is 0 Å². The third kappa shape index (κ3) is 3.58. The fourth-order valence-corrected chi connectivity index (χ4v) is 3.69. The number of hydrogen-bond donors (Lipinski definition) is 1. The lowest BCUT2D eigenvalue weighted by molar-refractivity contribution is -0.153. The Kier molecular flexibility index (Phi) is 4.95. The molecule has 2 fully saturated rings. The van der Waals surface area contributed by atoms with E-state index in [1.807, 2.05) is 11.8 Å². The van der Waals surface area contributed by atoms with E-state index < -0.39 is 5.54 Å². The Hall–Kier alpha value is -1.06. The molecule has 0 aromatic heterocycles. The Bertz CT molecular complexity index is 398. The van der Waals surface area contributed by atoms with Crippen molar-refractivity contribution < 1.29 is 9.59 Å². The average molecular weight is 294 g/mol. The molecule has 0 radical (unpaired) electrons. The third-order valence-electron chi connectivity index (χ3n) is 5.21. The number of rotatable bonds is 4. The molecule has 1 aliphatic carbocycles. The zero-order chi connectivity index (χ0) is 15.6. The van der Waals surface area contributed by atoms with Crippen LogP contribution in [-0.4, -0.2) is 34.8 Å². The summed E-state index contributed by atoms with van der Waals surface area (Å²) in [6.07, 6.45) is 6.89. The second-order valence-electron chi connectivity index (χ2n) is 7.45. The van der Waals surface area contributed by atoms with Crippen LogP contribution in [0, 0.1) is 11.8 Å². The van der Waals surface area contributed by atoms with Crippen molar-refractivity contribution in [1.82, 2.24) is 10.2 Å². The fraction of sp³-hybridized carbons (Fsp3) is 0.882. The molecule has 0 spiro atoms. The van der Waals surface area contributed by atoms with Gasteiger partial charge in [0.25, 0.3) is 0 Å². The Balaban J connectivity index is 1.98. The third-order valence-corrected chi connectivity index (χ3v) is 5.21. The van der Waals surface area contributed by atoms with Crippen LogP contribution in [0.15, 0.2) is 0 Å². The van der Waals surface area contributed by atoms with E-state index in [0.29, 0.717) is 6.42 Å². The van der Waals surface area contributed by atoms with Crippen LogP contribution in [-0.2, 0) is 9.59 Å². The van der Waals surface area contributed by atoms with E-state index in [2.05, 4.69) is 12.2 Å². The van der Waals surface area contributed by atoms with Gasteiger partial charge in [-0.05, 0) is 38.5 Å². The number of hydrogen-bond acceptors (Lipinski definition) is 2. The molecule has 1 saturated carbocycles. The van der Waals surface area contributed by atoms with Crippen LogP contribution in [0.3, 0.4) is 0 Å². The summed E-state index contributed by atoms with van der Waals surface area (Å²) in [4.78, 5) is 26.6. The molecule has 4 nitrogen and oxygen atoms in total. The second-order valence-corrected chi connectivity index (χ2v) is 7.45. The molecule has 2 rings (SSSR count). The van der Waals surface area contributed by atoms with Crippen LogP contribution >= 0.6 is 0 Å². The lowest BCUT2D eigenvalue weighted by atomic mass is 9.81. The Morgan fingerprint density at radius 2 is 1.81 bits per heavy atom. The molecule has 1 atom stereocenters. The first-order valence-corrected chi connectivity index (χ1v) is 8.48. The van der Waals surface area contributed by atoms with Gasteiger partial charge < -0.3 is 10.2 Å². The highest BCUT2D eigenvalue weighted by atomic mass is 16.2. The first-order valence-electron chi connectivity index (χ1n) is 8.48. The largest absolute Gasteiger partial charge is 0.340 e. The van der Waals surface area contributed by atoms with Crippen LogP contribution in [0.4, 0.5) is 0 Å². The van der Waals surface area contributed by atoms with Crippen LogP contribution in [0.5, 0.6) is 0 Å². The second kappa shape index (κ2) is 6.37. The smallest absolute Gasteiger partial charge is 0.248 e. The van der Waals surface area contributed by atoms with E-state index >= 15 is 0 Å². The highest BCUT2D eigenvalue weighted by Gasteiger charge is 2.44. The van der Waals surface area contributed by atoms with E-state index in [-0.39, 0.29) is 17.9 Å². The van der Waals surface area contributed by atoms with Crippen LogP contribution in [0.25, 0.3) is 0 Å². The summed E-state index contributed by atoms with van der Waals surface area (Å²) in [5.74, 6) is 1.64. The predicted octanol–water partition coefficient (Wildman–Crippen LogP) is 2.72. The monoisotopic (exact) mass is 294 g/mol. The van der Waals surface area contributed by atoms with Crippen molar-refractivity contribution >= 4 is 11.8 Å². The van der Waals surface area contributed by atoms with Crippen LogP contribution < -0.4 is 5.32 Å². The Labute approximate surface area is 128 Å². The SMILES string of the molecule is CCC1C(=O)NC(C)(C)C(=O)N1CCC1CCC(C)CC1. The Morgan fingerprint density at radius 1 is 1.19 bits per heavy atom.